The zero-order valence-corrected chi connectivity index (χ0v) is 52.4. The molecule has 0 amide bonds. The number of hydrogen-bond donors (Lipinski definition) is 2. The quantitative estimate of drug-likeness (QED) is 0.0197. The number of phosphoric acid groups is 1. The largest absolute Gasteiger partial charge is 0.472 e. The molecule has 12 heteroatoms. The Morgan fingerprint density at radius 1 is 0.362 bits per heavy atom. The Morgan fingerprint density at radius 2 is 0.650 bits per heavy atom. The first-order valence-electron chi connectivity index (χ1n) is 32.8. The number of ether oxygens (including phenoxy) is 3. The van der Waals surface area contributed by atoms with Crippen molar-refractivity contribution in [2.75, 3.05) is 26.4 Å². The van der Waals surface area contributed by atoms with Gasteiger partial charge < -0.3 is 24.2 Å². The molecule has 0 fully saturated rings. The van der Waals surface area contributed by atoms with Crippen molar-refractivity contribution in [3.8, 4) is 0 Å². The number of hydrogen-bond acceptors (Lipinski definition) is 10. The van der Waals surface area contributed by atoms with Crippen molar-refractivity contribution in [1.82, 2.24) is 0 Å². The molecule has 0 aromatic rings. The third-order valence-electron chi connectivity index (χ3n) is 14.1. The van der Waals surface area contributed by atoms with Gasteiger partial charge in [-0.1, -0.05) is 267 Å². The molecule has 0 saturated heterocycles. The van der Waals surface area contributed by atoms with Crippen molar-refractivity contribution >= 4 is 25.7 Å². The highest BCUT2D eigenvalue weighted by Crippen LogP contribution is 2.43. The lowest BCUT2D eigenvalue weighted by molar-refractivity contribution is -0.161. The van der Waals surface area contributed by atoms with Crippen LogP contribution >= 0.6 is 7.82 Å². The van der Waals surface area contributed by atoms with Crippen LogP contribution in [0, 0.1) is 0 Å². The Labute approximate surface area is 490 Å². The van der Waals surface area contributed by atoms with E-state index in [-0.39, 0.29) is 25.9 Å². The highest BCUT2D eigenvalue weighted by Gasteiger charge is 2.28. The number of phosphoric ester groups is 1. The van der Waals surface area contributed by atoms with Crippen LogP contribution in [0.3, 0.4) is 0 Å². The second kappa shape index (κ2) is 62.0. The van der Waals surface area contributed by atoms with Gasteiger partial charge in [0.1, 0.15) is 12.7 Å². The maximum absolute atomic E-state index is 13.0. The van der Waals surface area contributed by atoms with Crippen molar-refractivity contribution < 1.29 is 52.2 Å². The van der Waals surface area contributed by atoms with E-state index in [2.05, 4.69) is 93.7 Å². The van der Waals surface area contributed by atoms with E-state index in [4.69, 9.17) is 23.3 Å². The number of carbonyl (C=O) groups excluding carboxylic acids is 3. The highest BCUT2D eigenvalue weighted by atomic mass is 31.2. The molecule has 0 aliphatic rings. The predicted octanol–water partition coefficient (Wildman–Crippen LogP) is 20.0. The van der Waals surface area contributed by atoms with E-state index in [1.807, 2.05) is 0 Å². The molecule has 3 unspecified atom stereocenters. The van der Waals surface area contributed by atoms with E-state index in [0.717, 1.165) is 128 Å². The molecule has 0 saturated carbocycles. The molecule has 2 N–H and O–H groups in total. The molecule has 80 heavy (non-hydrogen) atoms. The molecular formula is C68H121O11P. The van der Waals surface area contributed by atoms with E-state index in [9.17, 15) is 28.9 Å². The Balaban J connectivity index is 4.72. The van der Waals surface area contributed by atoms with Gasteiger partial charge in [-0.2, -0.15) is 0 Å². The van der Waals surface area contributed by atoms with Crippen molar-refractivity contribution in [2.24, 2.45) is 0 Å². The number of aliphatic hydroxyl groups is 1. The van der Waals surface area contributed by atoms with Gasteiger partial charge in [-0.25, -0.2) is 4.57 Å². The molecule has 0 aromatic heterocycles. The smallest absolute Gasteiger partial charge is 0.462 e. The Hall–Kier alpha value is -3.08. The summed E-state index contributed by atoms with van der Waals surface area (Å²) in [6.45, 7) is 4.53. The standard InChI is InChI=1S/C68H121O11P/c1-4-7-10-13-16-19-22-25-28-30-32-34-37-39-42-45-48-51-54-57-66(70)75-61-65(79-68(72)59-56-53-50-47-44-41-38-35-33-31-29-26-23-20-17-14-11-8-5-2)63-77-80(73,74)76-62-64(60-69)78-67(71)58-55-52-49-46-43-40-36-27-24-21-18-15-12-9-6-3/h8,11,17-18,20-21,26-27,29,33,35-36,64-65,69H,4-7,9-10,12-16,19,22-25,28,30-32,34,37-63H2,1-3H3,(H,73,74)/b11-8-,20-17-,21-18-,29-26-,35-33-,36-27-. The first-order chi connectivity index (χ1) is 39.2. The molecule has 11 nitrogen and oxygen atoms in total. The molecule has 0 radical (unpaired) electrons. The van der Waals surface area contributed by atoms with Gasteiger partial charge in [0.15, 0.2) is 6.10 Å². The summed E-state index contributed by atoms with van der Waals surface area (Å²) >= 11 is 0. The lowest BCUT2D eigenvalue weighted by Crippen LogP contribution is -2.30. The fourth-order valence-corrected chi connectivity index (χ4v) is 9.93. The molecule has 0 rings (SSSR count). The third kappa shape index (κ3) is 59.5. The van der Waals surface area contributed by atoms with Crippen LogP contribution < -0.4 is 0 Å². The third-order valence-corrected chi connectivity index (χ3v) is 15.1. The van der Waals surface area contributed by atoms with Crippen molar-refractivity contribution in [2.45, 2.75) is 315 Å². The Morgan fingerprint density at radius 3 is 1.02 bits per heavy atom. The minimum atomic E-state index is -4.76. The summed E-state index contributed by atoms with van der Waals surface area (Å²) in [5.74, 6) is -1.48. The fourth-order valence-electron chi connectivity index (χ4n) is 9.14. The van der Waals surface area contributed by atoms with Crippen LogP contribution in [0.2, 0.25) is 0 Å². The van der Waals surface area contributed by atoms with Gasteiger partial charge in [0.2, 0.25) is 0 Å². The van der Waals surface area contributed by atoms with Crippen LogP contribution in [0.5, 0.6) is 0 Å². The van der Waals surface area contributed by atoms with Gasteiger partial charge in [0.05, 0.1) is 19.8 Å². The van der Waals surface area contributed by atoms with E-state index >= 15 is 0 Å². The van der Waals surface area contributed by atoms with Crippen molar-refractivity contribution in [1.29, 1.82) is 0 Å². The number of carbonyl (C=O) groups is 3. The summed E-state index contributed by atoms with van der Waals surface area (Å²) in [6.07, 6.45) is 71.3. The summed E-state index contributed by atoms with van der Waals surface area (Å²) in [5.41, 5.74) is 0. The van der Waals surface area contributed by atoms with E-state index in [1.54, 1.807) is 0 Å². The topological polar surface area (TPSA) is 155 Å². The lowest BCUT2D eigenvalue weighted by Gasteiger charge is -2.21. The van der Waals surface area contributed by atoms with Gasteiger partial charge in [0, 0.05) is 19.3 Å². The fraction of sp³-hybridized carbons (Fsp3) is 0.779. The maximum Gasteiger partial charge on any atom is 0.472 e. The first-order valence-corrected chi connectivity index (χ1v) is 34.3. The van der Waals surface area contributed by atoms with Crippen LogP contribution in [0.4, 0.5) is 0 Å². The zero-order valence-electron chi connectivity index (χ0n) is 51.5. The predicted molar refractivity (Wildman–Crippen MR) is 335 cm³/mol. The summed E-state index contributed by atoms with van der Waals surface area (Å²) in [6, 6.07) is 0. The second-order valence-corrected chi connectivity index (χ2v) is 23.4. The van der Waals surface area contributed by atoms with Crippen LogP contribution in [0.1, 0.15) is 303 Å². The average molecular weight is 1150 g/mol. The zero-order chi connectivity index (χ0) is 58.3. The van der Waals surface area contributed by atoms with Crippen LogP contribution in [-0.4, -0.2) is 66.5 Å². The summed E-state index contributed by atoms with van der Waals surface area (Å²) in [4.78, 5) is 48.8. The second-order valence-electron chi connectivity index (χ2n) is 21.9. The SMILES string of the molecule is CC/C=C\C/C=C\C/C=C\C/C=C\CCCCCCCCC(=O)OC(COC(=O)CCCCCCCCCCCCCCCCCCCCC)COP(=O)(O)OCC(CO)OC(=O)CCCCCCC/C=C\C/C=C\CCCCC. The van der Waals surface area contributed by atoms with Gasteiger partial charge in [-0.15, -0.1) is 0 Å². The average Bonchev–Trinajstić information content (AvgIpc) is 3.45. The molecular weight excluding hydrogens is 1020 g/mol. The number of esters is 3. The molecule has 0 aliphatic heterocycles. The maximum atomic E-state index is 13.0. The van der Waals surface area contributed by atoms with E-state index in [1.165, 1.54) is 116 Å². The van der Waals surface area contributed by atoms with E-state index in [0.29, 0.717) is 19.3 Å². The molecule has 464 valence electrons. The number of aliphatic hydroxyl groups excluding tert-OH is 1. The van der Waals surface area contributed by atoms with Crippen molar-refractivity contribution in [3.05, 3.63) is 72.9 Å². The minimum absolute atomic E-state index is 0.151. The Kier molecular flexibility index (Phi) is 59.6. The monoisotopic (exact) mass is 1140 g/mol. The summed E-state index contributed by atoms with van der Waals surface area (Å²) in [7, 11) is -4.76. The van der Waals surface area contributed by atoms with Gasteiger partial charge in [-0.05, 0) is 89.9 Å². The number of rotatable bonds is 61. The lowest BCUT2D eigenvalue weighted by atomic mass is 10.0. The molecule has 0 spiro atoms. The first kappa shape index (κ1) is 76.9. The van der Waals surface area contributed by atoms with Gasteiger partial charge in [0.25, 0.3) is 0 Å². The van der Waals surface area contributed by atoms with Crippen molar-refractivity contribution in [3.63, 3.8) is 0 Å². The molecule has 0 heterocycles. The number of allylic oxidation sites excluding steroid dienone is 12. The summed E-state index contributed by atoms with van der Waals surface area (Å²) < 4.78 is 39.7. The summed E-state index contributed by atoms with van der Waals surface area (Å²) in [5, 5.41) is 9.85. The highest BCUT2D eigenvalue weighted by molar-refractivity contribution is 7.47. The molecule has 0 aliphatic carbocycles. The van der Waals surface area contributed by atoms with Crippen LogP contribution in [-0.2, 0) is 42.2 Å². The van der Waals surface area contributed by atoms with E-state index < -0.39 is 57.8 Å². The number of unbranched alkanes of at least 4 members (excludes halogenated alkanes) is 32. The molecule has 0 bridgehead atoms. The van der Waals surface area contributed by atoms with Crippen LogP contribution in [0.15, 0.2) is 72.9 Å². The Bertz CT molecular complexity index is 1620. The van der Waals surface area contributed by atoms with Gasteiger partial charge >= 0.3 is 25.7 Å². The molecule has 3 atom stereocenters. The normalized spacial score (nSPS) is 13.7. The van der Waals surface area contributed by atoms with Gasteiger partial charge in [-0.3, -0.25) is 23.4 Å². The minimum Gasteiger partial charge on any atom is -0.462 e. The van der Waals surface area contributed by atoms with Crippen LogP contribution in [0.25, 0.3) is 0 Å². The molecule has 0 aromatic carbocycles.